The lowest BCUT2D eigenvalue weighted by molar-refractivity contribution is 0.0651. The first-order chi connectivity index (χ1) is 31.2. The lowest BCUT2D eigenvalue weighted by atomic mass is 9.81. The molecule has 7 aromatic rings. The predicted molar refractivity (Wildman–Crippen MR) is 228 cm³/mol. The van der Waals surface area contributed by atoms with Crippen molar-refractivity contribution in [2.24, 2.45) is 0 Å². The predicted octanol–water partition coefficient (Wildman–Crippen LogP) is 4.78. The number of hydrogen-bond donors (Lipinski definition) is 9. The van der Waals surface area contributed by atoms with Crippen LogP contribution in [0.25, 0.3) is 27.7 Å². The summed E-state index contributed by atoms with van der Waals surface area (Å²) in [5, 5.41) is 57.5. The quantitative estimate of drug-likeness (QED) is 0.0744. The SMILES string of the molecule is N#Cc1c2c3c(c(Nc4cc(Nc5nc(O)nc(Nc6ccccc6C(=O)O)n5)c(S(=O)(=O)O)cc4S(=O)(=O)O)ccc3n(-c3ccc(C(=O)O)c(C(=O)O)c3)c1=O)C(=O)c1ccccc1-2. The third-order valence-corrected chi connectivity index (χ3v) is 11.8. The molecular weight excluding hydrogens is 909 g/mol. The minimum absolute atomic E-state index is 0.0442. The van der Waals surface area contributed by atoms with Crippen molar-refractivity contribution in [2.45, 2.75) is 9.79 Å². The maximum absolute atomic E-state index is 14.6. The van der Waals surface area contributed by atoms with Crippen molar-refractivity contribution >= 4 is 89.5 Å². The molecule has 0 spiro atoms. The number of fused-ring (bicyclic) bond motifs is 2. The fraction of sp³-hybridized carbons (Fsp3) is 0. The zero-order chi connectivity index (χ0) is 47.6. The molecule has 0 bridgehead atoms. The molecule has 0 aliphatic heterocycles. The summed E-state index contributed by atoms with van der Waals surface area (Å²) in [4.78, 5) is 73.6. The van der Waals surface area contributed by atoms with Crippen molar-refractivity contribution in [2.75, 3.05) is 16.0 Å². The van der Waals surface area contributed by atoms with Gasteiger partial charge in [-0.15, -0.1) is 0 Å². The van der Waals surface area contributed by atoms with E-state index in [2.05, 4.69) is 30.9 Å². The number of rotatable bonds is 12. The summed E-state index contributed by atoms with van der Waals surface area (Å²) in [5.41, 5.74) is -5.60. The number of hydrogen-bond acceptors (Lipinski definition) is 17. The minimum Gasteiger partial charge on any atom is -0.479 e. The van der Waals surface area contributed by atoms with E-state index in [1.54, 1.807) is 0 Å². The van der Waals surface area contributed by atoms with Gasteiger partial charge in [-0.1, -0.05) is 36.4 Å². The van der Waals surface area contributed by atoms with E-state index >= 15 is 0 Å². The first kappa shape index (κ1) is 43.6. The number of benzene rings is 5. The van der Waals surface area contributed by atoms with Crippen molar-refractivity contribution in [3.05, 3.63) is 135 Å². The number of carbonyl (C=O) groups is 4. The Bertz CT molecular complexity index is 3700. The summed E-state index contributed by atoms with van der Waals surface area (Å²) in [7, 11) is -10.9. The molecule has 23 nitrogen and oxygen atoms in total. The van der Waals surface area contributed by atoms with Crippen LogP contribution in [0.4, 0.5) is 34.6 Å². The number of aromatic nitrogens is 4. The number of ketones is 1. The van der Waals surface area contributed by atoms with E-state index in [1.807, 2.05) is 6.07 Å². The van der Waals surface area contributed by atoms with Gasteiger partial charge in [0.25, 0.3) is 25.8 Å². The Morgan fingerprint density at radius 2 is 1.18 bits per heavy atom. The Kier molecular flexibility index (Phi) is 10.5. The number of aromatic carboxylic acids is 3. The summed E-state index contributed by atoms with van der Waals surface area (Å²) >= 11 is 0. The molecule has 25 heteroatoms. The molecule has 0 atom stereocenters. The highest BCUT2D eigenvalue weighted by Gasteiger charge is 2.34. The maximum atomic E-state index is 14.6. The number of nitrogens with zero attached hydrogens (tertiary/aromatic N) is 5. The highest BCUT2D eigenvalue weighted by Crippen LogP contribution is 2.45. The lowest BCUT2D eigenvalue weighted by Gasteiger charge is -2.26. The first-order valence-corrected chi connectivity index (χ1v) is 21.2. The average Bonchev–Trinajstić information content (AvgIpc) is 3.24. The van der Waals surface area contributed by atoms with E-state index in [-0.39, 0.29) is 55.8 Å². The summed E-state index contributed by atoms with van der Waals surface area (Å²) in [6, 6.07) is 18.5. The molecule has 0 saturated carbocycles. The second-order valence-electron chi connectivity index (χ2n) is 13.9. The zero-order valence-corrected chi connectivity index (χ0v) is 34.2. The fourth-order valence-corrected chi connectivity index (χ4v) is 8.73. The molecule has 330 valence electrons. The molecule has 66 heavy (non-hydrogen) atoms. The summed E-state index contributed by atoms with van der Waals surface area (Å²) in [6.45, 7) is 0. The van der Waals surface area contributed by atoms with E-state index in [0.717, 1.165) is 34.9 Å². The van der Waals surface area contributed by atoms with Gasteiger partial charge < -0.3 is 36.4 Å². The average molecular weight is 933 g/mol. The number of carboxylic acids is 3. The van der Waals surface area contributed by atoms with Crippen LogP contribution in [0.2, 0.25) is 0 Å². The lowest BCUT2D eigenvalue weighted by Crippen LogP contribution is -2.26. The van der Waals surface area contributed by atoms with Crippen molar-refractivity contribution in [1.82, 2.24) is 19.5 Å². The van der Waals surface area contributed by atoms with E-state index in [4.69, 9.17) is 0 Å². The van der Waals surface area contributed by atoms with Gasteiger partial charge in [0.2, 0.25) is 11.9 Å². The van der Waals surface area contributed by atoms with Gasteiger partial charge >= 0.3 is 23.9 Å². The molecule has 9 N–H and O–H groups in total. The van der Waals surface area contributed by atoms with Crippen LogP contribution in [0.15, 0.2) is 106 Å². The van der Waals surface area contributed by atoms with E-state index in [9.17, 15) is 75.6 Å². The van der Waals surface area contributed by atoms with Crippen LogP contribution < -0.4 is 21.5 Å². The number of carbonyl (C=O) groups excluding carboxylic acids is 1. The third kappa shape index (κ3) is 7.60. The van der Waals surface area contributed by atoms with Gasteiger partial charge in [0.1, 0.15) is 21.4 Å². The number of nitrogens with one attached hydrogen (secondary N) is 3. The van der Waals surface area contributed by atoms with Crippen molar-refractivity contribution in [3.8, 4) is 28.9 Å². The number of pyridine rings is 1. The second kappa shape index (κ2) is 15.9. The van der Waals surface area contributed by atoms with Crippen LogP contribution in [-0.2, 0) is 20.2 Å². The number of nitriles is 1. The maximum Gasteiger partial charge on any atom is 0.337 e. The van der Waals surface area contributed by atoms with Crippen LogP contribution in [0, 0.1) is 11.3 Å². The normalized spacial score (nSPS) is 11.9. The molecule has 0 unspecified atom stereocenters. The zero-order valence-electron chi connectivity index (χ0n) is 32.6. The van der Waals surface area contributed by atoms with Crippen LogP contribution in [0.1, 0.15) is 52.6 Å². The largest absolute Gasteiger partial charge is 0.479 e. The van der Waals surface area contributed by atoms with Gasteiger partial charge in [-0.05, 0) is 60.2 Å². The van der Waals surface area contributed by atoms with Gasteiger partial charge in [-0.3, -0.25) is 23.3 Å². The fourth-order valence-electron chi connectivity index (χ4n) is 7.35. The molecule has 1 aliphatic carbocycles. The molecule has 0 fully saturated rings. The Balaban J connectivity index is 1.35. The second-order valence-corrected chi connectivity index (χ2v) is 16.7. The Morgan fingerprint density at radius 3 is 1.79 bits per heavy atom. The van der Waals surface area contributed by atoms with Gasteiger partial charge in [0.05, 0.1) is 56.2 Å². The number of para-hydroxylation sites is 1. The van der Waals surface area contributed by atoms with Crippen molar-refractivity contribution in [3.63, 3.8) is 0 Å². The van der Waals surface area contributed by atoms with Crippen molar-refractivity contribution < 1.29 is 65.5 Å². The van der Waals surface area contributed by atoms with E-state index in [1.165, 1.54) is 54.6 Å². The Labute approximate surface area is 368 Å². The van der Waals surface area contributed by atoms with Crippen LogP contribution in [-0.4, -0.2) is 89.6 Å². The molecule has 8 rings (SSSR count). The Morgan fingerprint density at radius 1 is 0.606 bits per heavy atom. The highest BCUT2D eigenvalue weighted by molar-refractivity contribution is 7.86. The monoisotopic (exact) mass is 932 g/mol. The smallest absolute Gasteiger partial charge is 0.337 e. The third-order valence-electron chi connectivity index (χ3n) is 10.0. The van der Waals surface area contributed by atoms with Gasteiger partial charge in [0, 0.05) is 16.5 Å². The summed E-state index contributed by atoms with van der Waals surface area (Å²) in [6.07, 6.45) is 0. The molecular formula is C41H24N8O15S2. The number of aromatic hydroxyl groups is 1. The van der Waals surface area contributed by atoms with Gasteiger partial charge in [-0.25, -0.2) is 14.4 Å². The van der Waals surface area contributed by atoms with E-state index in [0.29, 0.717) is 6.07 Å². The molecule has 2 heterocycles. The van der Waals surface area contributed by atoms with Gasteiger partial charge in [-0.2, -0.15) is 37.0 Å². The molecule has 2 aromatic heterocycles. The molecule has 0 radical (unpaired) electrons. The topological polar surface area (TPSA) is 378 Å². The minimum atomic E-state index is -5.45. The standard InChI is InChI=1S/C41H24N8O15S2/c42-16-23-31-18-5-1-2-6-19(18)34(50)32-25(11-12-28(33(31)32)49(35(23)51)17-9-10-20(36(52)53)22(13-17)38(56)57)43-26-14-27(30(66(62,63)64)15-29(26)65(59,60)61)45-40-46-39(47-41(58)48-40)44-24-8-4-3-7-21(24)37(54)55/h1-15,43H,(H,52,53)(H,54,55)(H,56,57)(H,59,60,61)(H,62,63,64)(H3,44,45,46,47,48,58). The summed E-state index contributed by atoms with van der Waals surface area (Å²) in [5.74, 6) is -6.56. The number of anilines is 6. The van der Waals surface area contributed by atoms with Crippen LogP contribution >= 0.6 is 0 Å². The van der Waals surface area contributed by atoms with E-state index < -0.39 is 105 Å². The number of carboxylic acid groups (broad SMARTS) is 3. The van der Waals surface area contributed by atoms with Crippen molar-refractivity contribution in [1.29, 1.82) is 5.26 Å². The molecule has 0 saturated heterocycles. The van der Waals surface area contributed by atoms with Gasteiger partial charge in [0.15, 0.2) is 5.78 Å². The van der Waals surface area contributed by atoms with Crippen LogP contribution in [0.5, 0.6) is 6.01 Å². The summed E-state index contributed by atoms with van der Waals surface area (Å²) < 4.78 is 72.9. The molecule has 0 amide bonds. The Hall–Kier alpha value is -9.09. The first-order valence-electron chi connectivity index (χ1n) is 18.3. The highest BCUT2D eigenvalue weighted by atomic mass is 32.2. The van der Waals surface area contributed by atoms with Crippen LogP contribution in [0.3, 0.4) is 0 Å². The molecule has 1 aliphatic rings. The molecule has 5 aromatic carbocycles.